The average molecular weight is 259 g/mol. The Hall–Kier alpha value is -1.02. The van der Waals surface area contributed by atoms with Crippen molar-refractivity contribution in [3.8, 4) is 5.75 Å². The highest BCUT2D eigenvalue weighted by atomic mass is 16.5. The fourth-order valence-electron chi connectivity index (χ4n) is 3.84. The molecule has 0 amide bonds. The molecule has 1 unspecified atom stereocenters. The summed E-state index contributed by atoms with van der Waals surface area (Å²) in [6, 6.07) is 7.09. The van der Waals surface area contributed by atoms with Crippen molar-refractivity contribution in [3.05, 3.63) is 29.3 Å². The molecule has 2 aliphatic rings. The molecule has 1 aliphatic heterocycles. The summed E-state index contributed by atoms with van der Waals surface area (Å²) in [5.74, 6) is 2.81. The molecule has 2 heteroatoms. The molecule has 2 nitrogen and oxygen atoms in total. The smallest absolute Gasteiger partial charge is 0.122 e. The fraction of sp³-hybridized carbons (Fsp3) is 0.647. The average Bonchev–Trinajstić information content (AvgIpc) is 2.47. The van der Waals surface area contributed by atoms with E-state index in [-0.39, 0.29) is 0 Å². The fourth-order valence-corrected chi connectivity index (χ4v) is 3.84. The van der Waals surface area contributed by atoms with Crippen LogP contribution in [-0.2, 0) is 6.42 Å². The summed E-state index contributed by atoms with van der Waals surface area (Å²) in [6.45, 7) is 3.48. The first-order valence-electron chi connectivity index (χ1n) is 7.68. The third-order valence-corrected chi connectivity index (χ3v) is 5.00. The molecule has 1 aromatic carbocycles. The van der Waals surface area contributed by atoms with Crippen LogP contribution < -0.4 is 10.1 Å². The summed E-state index contributed by atoms with van der Waals surface area (Å²) < 4.78 is 5.54. The van der Waals surface area contributed by atoms with Gasteiger partial charge in [-0.05, 0) is 49.3 Å². The monoisotopic (exact) mass is 259 g/mol. The molecule has 3 rings (SSSR count). The molecule has 1 fully saturated rings. The first-order valence-corrected chi connectivity index (χ1v) is 7.68. The second kappa shape index (κ2) is 5.54. The Morgan fingerprint density at radius 2 is 1.95 bits per heavy atom. The third-order valence-electron chi connectivity index (χ3n) is 5.00. The predicted molar refractivity (Wildman–Crippen MR) is 78.6 cm³/mol. The Balaban J connectivity index is 1.86. The number of hydrogen-bond donors (Lipinski definition) is 1. The maximum absolute atomic E-state index is 5.54. The topological polar surface area (TPSA) is 21.3 Å². The number of rotatable bonds is 2. The van der Waals surface area contributed by atoms with Crippen LogP contribution in [-0.4, -0.2) is 13.7 Å². The van der Waals surface area contributed by atoms with Crippen LogP contribution in [0.15, 0.2) is 18.2 Å². The van der Waals surface area contributed by atoms with Crippen molar-refractivity contribution in [2.24, 2.45) is 11.8 Å². The summed E-state index contributed by atoms with van der Waals surface area (Å²) in [4.78, 5) is 0. The molecule has 1 atom stereocenters. The van der Waals surface area contributed by atoms with Crippen LogP contribution in [0.25, 0.3) is 0 Å². The Labute approximate surface area is 116 Å². The van der Waals surface area contributed by atoms with Crippen LogP contribution >= 0.6 is 0 Å². The number of ether oxygens (including phenoxy) is 1. The highest BCUT2D eigenvalue weighted by molar-refractivity contribution is 5.43. The number of methoxy groups -OCH3 is 1. The van der Waals surface area contributed by atoms with Crippen molar-refractivity contribution in [2.75, 3.05) is 13.7 Å². The van der Waals surface area contributed by atoms with Crippen LogP contribution in [0.4, 0.5) is 0 Å². The zero-order chi connectivity index (χ0) is 13.2. The molecule has 1 saturated carbocycles. The molecule has 0 aromatic heterocycles. The van der Waals surface area contributed by atoms with Gasteiger partial charge in [0.15, 0.2) is 0 Å². The van der Waals surface area contributed by atoms with Crippen LogP contribution in [0.5, 0.6) is 5.75 Å². The molecule has 0 spiro atoms. The largest absolute Gasteiger partial charge is 0.496 e. The molecule has 1 aliphatic carbocycles. The minimum Gasteiger partial charge on any atom is -0.496 e. The lowest BCUT2D eigenvalue weighted by molar-refractivity contribution is 0.225. The lowest BCUT2D eigenvalue weighted by Gasteiger charge is -2.37. The molecule has 104 valence electrons. The molecule has 1 heterocycles. The normalized spacial score (nSPS) is 30.7. The van der Waals surface area contributed by atoms with Crippen molar-refractivity contribution >= 4 is 0 Å². The summed E-state index contributed by atoms with van der Waals surface area (Å²) in [5, 5.41) is 3.76. The van der Waals surface area contributed by atoms with Gasteiger partial charge in [-0.2, -0.15) is 0 Å². The van der Waals surface area contributed by atoms with Crippen molar-refractivity contribution in [1.82, 2.24) is 5.32 Å². The lowest BCUT2D eigenvalue weighted by atomic mass is 9.75. The molecule has 1 N–H and O–H groups in total. The standard InChI is InChI=1S/C17H25NO/c1-12-6-8-13(9-7-12)17-15-4-3-5-16(19-2)14(15)10-11-18-17/h3-5,12-13,17-18H,6-11H2,1-2H3. The molecular weight excluding hydrogens is 234 g/mol. The third kappa shape index (κ3) is 2.51. The molecule has 0 radical (unpaired) electrons. The Morgan fingerprint density at radius 3 is 2.68 bits per heavy atom. The van der Waals surface area contributed by atoms with Crippen molar-refractivity contribution < 1.29 is 4.74 Å². The molecule has 0 bridgehead atoms. The minimum atomic E-state index is 0.548. The van der Waals surface area contributed by atoms with Crippen molar-refractivity contribution in [1.29, 1.82) is 0 Å². The van der Waals surface area contributed by atoms with Crippen LogP contribution in [0.2, 0.25) is 0 Å². The second-order valence-electron chi connectivity index (χ2n) is 6.23. The van der Waals surface area contributed by atoms with Crippen LogP contribution in [0.3, 0.4) is 0 Å². The molecule has 0 saturated heterocycles. The number of benzene rings is 1. The van der Waals surface area contributed by atoms with Crippen LogP contribution in [0.1, 0.15) is 49.8 Å². The van der Waals surface area contributed by atoms with Gasteiger partial charge in [-0.15, -0.1) is 0 Å². The van der Waals surface area contributed by atoms with Gasteiger partial charge in [-0.1, -0.05) is 31.9 Å². The predicted octanol–water partition coefficient (Wildman–Crippen LogP) is 3.71. The Morgan fingerprint density at radius 1 is 1.16 bits per heavy atom. The van der Waals surface area contributed by atoms with Gasteiger partial charge in [0, 0.05) is 11.6 Å². The van der Waals surface area contributed by atoms with E-state index in [1.54, 1.807) is 7.11 Å². The SMILES string of the molecule is COc1cccc2c1CCNC2C1CCC(C)CC1. The summed E-state index contributed by atoms with van der Waals surface area (Å²) in [7, 11) is 1.79. The lowest BCUT2D eigenvalue weighted by Crippen LogP contribution is -2.36. The molecule has 1 aromatic rings. The zero-order valence-electron chi connectivity index (χ0n) is 12.1. The van der Waals surface area contributed by atoms with Gasteiger partial charge in [0.05, 0.1) is 7.11 Å². The minimum absolute atomic E-state index is 0.548. The van der Waals surface area contributed by atoms with E-state index in [0.29, 0.717) is 6.04 Å². The van der Waals surface area contributed by atoms with Gasteiger partial charge >= 0.3 is 0 Å². The van der Waals surface area contributed by atoms with E-state index in [1.165, 1.54) is 36.8 Å². The van der Waals surface area contributed by atoms with Gasteiger partial charge < -0.3 is 10.1 Å². The Bertz CT molecular complexity index is 435. The quantitative estimate of drug-likeness (QED) is 0.874. The second-order valence-corrected chi connectivity index (χ2v) is 6.23. The first-order chi connectivity index (χ1) is 9.29. The summed E-state index contributed by atoms with van der Waals surface area (Å²) >= 11 is 0. The van der Waals surface area contributed by atoms with Gasteiger partial charge in [0.1, 0.15) is 5.75 Å². The van der Waals surface area contributed by atoms with Gasteiger partial charge in [-0.3, -0.25) is 0 Å². The highest BCUT2D eigenvalue weighted by Gasteiger charge is 2.31. The maximum atomic E-state index is 5.54. The van der Waals surface area contributed by atoms with Gasteiger partial charge in [0.2, 0.25) is 0 Å². The van der Waals surface area contributed by atoms with E-state index in [1.807, 2.05) is 0 Å². The van der Waals surface area contributed by atoms with E-state index in [9.17, 15) is 0 Å². The molecule has 19 heavy (non-hydrogen) atoms. The number of nitrogens with one attached hydrogen (secondary N) is 1. The summed E-state index contributed by atoms with van der Waals surface area (Å²) in [5.41, 5.74) is 2.93. The first kappa shape index (κ1) is 13.0. The maximum Gasteiger partial charge on any atom is 0.122 e. The zero-order valence-corrected chi connectivity index (χ0v) is 12.1. The highest BCUT2D eigenvalue weighted by Crippen LogP contribution is 2.40. The summed E-state index contributed by atoms with van der Waals surface area (Å²) in [6.07, 6.45) is 6.62. The van der Waals surface area contributed by atoms with Gasteiger partial charge in [-0.25, -0.2) is 0 Å². The van der Waals surface area contributed by atoms with Crippen molar-refractivity contribution in [2.45, 2.75) is 45.1 Å². The van der Waals surface area contributed by atoms with E-state index in [2.05, 4.69) is 30.4 Å². The molecular formula is C17H25NO. The van der Waals surface area contributed by atoms with E-state index in [0.717, 1.165) is 30.6 Å². The number of hydrogen-bond acceptors (Lipinski definition) is 2. The van der Waals surface area contributed by atoms with Crippen molar-refractivity contribution in [3.63, 3.8) is 0 Å². The van der Waals surface area contributed by atoms with Crippen LogP contribution in [0, 0.1) is 11.8 Å². The van der Waals surface area contributed by atoms with E-state index < -0.39 is 0 Å². The van der Waals surface area contributed by atoms with E-state index >= 15 is 0 Å². The Kier molecular flexibility index (Phi) is 3.79. The van der Waals surface area contributed by atoms with E-state index in [4.69, 9.17) is 4.74 Å². The number of fused-ring (bicyclic) bond motifs is 1. The van der Waals surface area contributed by atoms with Gasteiger partial charge in [0.25, 0.3) is 0 Å².